The average Bonchev–Trinajstić information content (AvgIpc) is 2.98. The summed E-state index contributed by atoms with van der Waals surface area (Å²) in [5, 5.41) is 3.13. The first kappa shape index (κ1) is 30.3. The third kappa shape index (κ3) is 7.18. The van der Waals surface area contributed by atoms with Crippen LogP contribution in [0.25, 0.3) is 0 Å². The third-order valence-corrected chi connectivity index (χ3v) is 9.08. The van der Waals surface area contributed by atoms with Gasteiger partial charge >= 0.3 is 0 Å². The van der Waals surface area contributed by atoms with Crippen molar-refractivity contribution in [2.24, 2.45) is 5.92 Å². The number of anilines is 2. The number of carbonyl (C=O) groups excluding carboxylic acids is 1. The van der Waals surface area contributed by atoms with Crippen molar-refractivity contribution in [2.45, 2.75) is 31.2 Å². The molecule has 1 amide bonds. The SMILES string of the molecule is COc1ccc(S(=O)(=O)N(CC(=O)NCc2ccc(N3CCCC(C)C3)cc2)c2cc(Cl)ccc2OC)cc1OC. The van der Waals surface area contributed by atoms with E-state index in [9.17, 15) is 13.2 Å². The molecule has 1 atom stereocenters. The number of nitrogens with zero attached hydrogens (tertiary/aromatic N) is 2. The Kier molecular flexibility index (Phi) is 9.88. The lowest BCUT2D eigenvalue weighted by Gasteiger charge is -2.32. The van der Waals surface area contributed by atoms with Crippen molar-refractivity contribution in [1.82, 2.24) is 5.32 Å². The second kappa shape index (κ2) is 13.4. The molecule has 0 spiro atoms. The average molecular weight is 602 g/mol. The molecule has 0 radical (unpaired) electrons. The highest BCUT2D eigenvalue weighted by Gasteiger charge is 2.30. The summed E-state index contributed by atoms with van der Waals surface area (Å²) in [4.78, 5) is 15.5. The minimum Gasteiger partial charge on any atom is -0.495 e. The van der Waals surface area contributed by atoms with Gasteiger partial charge in [0.15, 0.2) is 11.5 Å². The van der Waals surface area contributed by atoms with E-state index in [-0.39, 0.29) is 33.6 Å². The van der Waals surface area contributed by atoms with Crippen LogP contribution in [0.2, 0.25) is 5.02 Å². The first-order valence-corrected chi connectivity index (χ1v) is 15.2. The molecule has 0 saturated carbocycles. The smallest absolute Gasteiger partial charge is 0.265 e. The van der Waals surface area contributed by atoms with Gasteiger partial charge in [-0.3, -0.25) is 9.10 Å². The van der Waals surface area contributed by atoms with Gasteiger partial charge in [0.05, 0.1) is 31.9 Å². The summed E-state index contributed by atoms with van der Waals surface area (Å²) >= 11 is 6.24. The number of amides is 1. The number of methoxy groups -OCH3 is 3. The Morgan fingerprint density at radius 2 is 1.66 bits per heavy atom. The number of sulfonamides is 1. The Balaban J connectivity index is 1.56. The molecule has 4 rings (SSSR count). The van der Waals surface area contributed by atoms with Crippen molar-refractivity contribution in [3.63, 3.8) is 0 Å². The zero-order valence-electron chi connectivity index (χ0n) is 23.7. The predicted molar refractivity (Wildman–Crippen MR) is 161 cm³/mol. The first-order chi connectivity index (χ1) is 19.7. The fourth-order valence-corrected chi connectivity index (χ4v) is 6.50. The van der Waals surface area contributed by atoms with Gasteiger partial charge in [0.1, 0.15) is 12.3 Å². The summed E-state index contributed by atoms with van der Waals surface area (Å²) in [6.45, 7) is 4.08. The maximum atomic E-state index is 13.9. The number of carbonyl (C=O) groups is 1. The molecule has 1 aliphatic heterocycles. The van der Waals surface area contributed by atoms with Crippen molar-refractivity contribution in [3.8, 4) is 17.2 Å². The standard InChI is InChI=1S/C30H36ClN3O6S/c1-21-6-5-15-33(19-21)24-10-7-22(8-11-24)18-32-30(35)20-34(26-16-23(31)9-13-27(26)38-2)41(36,37)25-12-14-28(39-3)29(17-25)40-4/h7-14,16-17,21H,5-6,15,18-20H2,1-4H3,(H,32,35). The van der Waals surface area contributed by atoms with Crippen LogP contribution >= 0.6 is 11.6 Å². The highest BCUT2D eigenvalue weighted by atomic mass is 35.5. The molecule has 220 valence electrons. The summed E-state index contributed by atoms with van der Waals surface area (Å²) < 4.78 is 44.9. The molecule has 3 aromatic rings. The Morgan fingerprint density at radius 1 is 0.976 bits per heavy atom. The second-order valence-electron chi connectivity index (χ2n) is 9.98. The van der Waals surface area contributed by atoms with Crippen molar-refractivity contribution in [1.29, 1.82) is 0 Å². The van der Waals surface area contributed by atoms with Gasteiger partial charge in [-0.05, 0) is 66.8 Å². The van der Waals surface area contributed by atoms with E-state index in [1.165, 1.54) is 58.4 Å². The van der Waals surface area contributed by atoms with Crippen LogP contribution < -0.4 is 28.7 Å². The number of benzene rings is 3. The Hall–Kier alpha value is -3.63. The zero-order chi connectivity index (χ0) is 29.6. The van der Waals surface area contributed by atoms with Crippen LogP contribution in [0, 0.1) is 5.92 Å². The van der Waals surface area contributed by atoms with Gasteiger partial charge in [-0.1, -0.05) is 30.7 Å². The molecule has 41 heavy (non-hydrogen) atoms. The van der Waals surface area contributed by atoms with E-state index in [2.05, 4.69) is 29.3 Å². The van der Waals surface area contributed by atoms with E-state index in [4.69, 9.17) is 25.8 Å². The van der Waals surface area contributed by atoms with Crippen LogP contribution in [0.15, 0.2) is 65.6 Å². The molecular weight excluding hydrogens is 566 g/mol. The van der Waals surface area contributed by atoms with Crippen LogP contribution in [0.4, 0.5) is 11.4 Å². The highest BCUT2D eigenvalue weighted by Crippen LogP contribution is 2.37. The highest BCUT2D eigenvalue weighted by molar-refractivity contribution is 7.92. The van der Waals surface area contributed by atoms with Gasteiger partial charge in [-0.15, -0.1) is 0 Å². The number of hydrogen-bond donors (Lipinski definition) is 1. The van der Waals surface area contributed by atoms with Crippen LogP contribution in [-0.4, -0.2) is 55.3 Å². The van der Waals surface area contributed by atoms with Gasteiger partial charge in [0.25, 0.3) is 10.0 Å². The van der Waals surface area contributed by atoms with Gasteiger partial charge in [0.2, 0.25) is 5.91 Å². The lowest BCUT2D eigenvalue weighted by Crippen LogP contribution is -2.41. The molecule has 1 N–H and O–H groups in total. The number of halogens is 1. The Labute approximate surface area is 247 Å². The number of rotatable bonds is 11. The van der Waals surface area contributed by atoms with Crippen molar-refractivity contribution >= 4 is 38.9 Å². The van der Waals surface area contributed by atoms with E-state index in [1.807, 2.05) is 12.1 Å². The summed E-state index contributed by atoms with van der Waals surface area (Å²) in [5.41, 5.74) is 2.19. The molecule has 1 aliphatic rings. The first-order valence-electron chi connectivity index (χ1n) is 13.3. The van der Waals surface area contributed by atoms with Gasteiger partial charge in [-0.25, -0.2) is 8.42 Å². The predicted octanol–water partition coefficient (Wildman–Crippen LogP) is 5.11. The normalized spacial score (nSPS) is 15.2. The summed E-state index contributed by atoms with van der Waals surface area (Å²) in [7, 11) is 0.0252. The van der Waals surface area contributed by atoms with Crippen LogP contribution in [0.5, 0.6) is 17.2 Å². The number of ether oxygens (including phenoxy) is 3. The van der Waals surface area contributed by atoms with Crippen molar-refractivity contribution in [3.05, 3.63) is 71.2 Å². The van der Waals surface area contributed by atoms with E-state index in [0.717, 1.165) is 28.6 Å². The molecule has 1 heterocycles. The van der Waals surface area contributed by atoms with Crippen LogP contribution in [-0.2, 0) is 21.4 Å². The fraction of sp³-hybridized carbons (Fsp3) is 0.367. The molecule has 11 heteroatoms. The largest absolute Gasteiger partial charge is 0.495 e. The van der Waals surface area contributed by atoms with E-state index < -0.39 is 22.5 Å². The van der Waals surface area contributed by atoms with Crippen LogP contribution in [0.1, 0.15) is 25.3 Å². The van der Waals surface area contributed by atoms with E-state index in [1.54, 1.807) is 12.1 Å². The molecule has 9 nitrogen and oxygen atoms in total. The number of piperidine rings is 1. The zero-order valence-corrected chi connectivity index (χ0v) is 25.3. The fourth-order valence-electron chi connectivity index (χ4n) is 4.90. The van der Waals surface area contributed by atoms with E-state index >= 15 is 0 Å². The molecule has 0 aromatic heterocycles. The van der Waals surface area contributed by atoms with Gasteiger partial charge < -0.3 is 24.4 Å². The minimum atomic E-state index is -4.27. The molecule has 1 saturated heterocycles. The van der Waals surface area contributed by atoms with Crippen LogP contribution in [0.3, 0.4) is 0 Å². The Morgan fingerprint density at radius 3 is 2.32 bits per heavy atom. The second-order valence-corrected chi connectivity index (χ2v) is 12.3. The molecular formula is C30H36ClN3O6S. The maximum Gasteiger partial charge on any atom is 0.265 e. The molecule has 1 fully saturated rings. The quantitative estimate of drug-likeness (QED) is 0.326. The maximum absolute atomic E-state index is 13.9. The third-order valence-electron chi connectivity index (χ3n) is 7.09. The van der Waals surface area contributed by atoms with Crippen molar-refractivity contribution in [2.75, 3.05) is 50.2 Å². The topological polar surface area (TPSA) is 97.4 Å². The Bertz CT molecular complexity index is 1470. The molecule has 0 aliphatic carbocycles. The number of hydrogen-bond acceptors (Lipinski definition) is 7. The van der Waals surface area contributed by atoms with Gasteiger partial charge in [-0.2, -0.15) is 0 Å². The van der Waals surface area contributed by atoms with E-state index in [0.29, 0.717) is 11.7 Å². The summed E-state index contributed by atoms with van der Waals surface area (Å²) in [6, 6.07) is 16.9. The minimum absolute atomic E-state index is 0.0902. The summed E-state index contributed by atoms with van der Waals surface area (Å²) in [6.07, 6.45) is 2.43. The van der Waals surface area contributed by atoms with Gasteiger partial charge in [0, 0.05) is 36.4 Å². The number of nitrogens with one attached hydrogen (secondary N) is 1. The molecule has 3 aromatic carbocycles. The lowest BCUT2D eigenvalue weighted by atomic mass is 9.99. The monoisotopic (exact) mass is 601 g/mol. The van der Waals surface area contributed by atoms with Crippen molar-refractivity contribution < 1.29 is 27.4 Å². The summed E-state index contributed by atoms with van der Waals surface area (Å²) in [5.74, 6) is 1.02. The lowest BCUT2D eigenvalue weighted by molar-refractivity contribution is -0.119. The molecule has 0 bridgehead atoms. The molecule has 1 unspecified atom stereocenters.